The molecule has 1 N–H and O–H groups in total. The minimum absolute atomic E-state index is 0.0902. The average molecular weight is 546 g/mol. The summed E-state index contributed by atoms with van der Waals surface area (Å²) in [7, 11) is 1.89. The summed E-state index contributed by atoms with van der Waals surface area (Å²) in [6.45, 7) is 10.1. The molecule has 10 nitrogen and oxygen atoms in total. The van der Waals surface area contributed by atoms with Crippen LogP contribution in [0.1, 0.15) is 50.9 Å². The molecule has 0 unspecified atom stereocenters. The van der Waals surface area contributed by atoms with Crippen molar-refractivity contribution in [1.82, 2.24) is 29.3 Å². The normalized spacial score (nSPS) is 17.8. The van der Waals surface area contributed by atoms with Gasteiger partial charge in [0.2, 0.25) is 17.6 Å². The van der Waals surface area contributed by atoms with Gasteiger partial charge < -0.3 is 24.2 Å². The van der Waals surface area contributed by atoms with Gasteiger partial charge in [0, 0.05) is 61.5 Å². The number of carbonyl (C=O) groups is 1. The highest BCUT2D eigenvalue weighted by molar-refractivity contribution is 5.91. The van der Waals surface area contributed by atoms with E-state index in [1.165, 1.54) is 0 Å². The Hall–Kier alpha value is -3.55. The molecule has 1 amide bonds. The first kappa shape index (κ1) is 28.0. The molecule has 3 aromatic heterocycles. The van der Waals surface area contributed by atoms with Crippen molar-refractivity contribution in [3.8, 4) is 23.2 Å². The third kappa shape index (κ3) is 6.26. The number of carbonyl (C=O) groups excluding carboxylic acids is 1. The van der Waals surface area contributed by atoms with Gasteiger partial charge in [-0.3, -0.25) is 4.79 Å². The van der Waals surface area contributed by atoms with Crippen molar-refractivity contribution in [3.63, 3.8) is 0 Å². The van der Waals surface area contributed by atoms with Crippen molar-refractivity contribution in [1.29, 1.82) is 5.26 Å². The predicted molar refractivity (Wildman–Crippen MR) is 151 cm³/mol. The number of nitrogens with zero attached hydrogens (tertiary/aromatic N) is 7. The molecular weight excluding hydrogens is 506 g/mol. The lowest BCUT2D eigenvalue weighted by Crippen LogP contribution is -2.48. The Kier molecular flexibility index (Phi) is 8.06. The molecule has 0 bridgehead atoms. The smallest absolute Gasteiger partial charge is 0.234 e. The second kappa shape index (κ2) is 11.5. The van der Waals surface area contributed by atoms with Crippen LogP contribution < -0.4 is 4.74 Å². The summed E-state index contributed by atoms with van der Waals surface area (Å²) in [6, 6.07) is 5.99. The number of aliphatic hydroxyl groups is 1. The second-order valence-electron chi connectivity index (χ2n) is 12.0. The van der Waals surface area contributed by atoms with Crippen molar-refractivity contribution in [2.45, 2.75) is 52.1 Å². The number of nitriles is 1. The molecule has 0 atom stereocenters. The summed E-state index contributed by atoms with van der Waals surface area (Å²) in [4.78, 5) is 30.8. The third-order valence-electron chi connectivity index (χ3n) is 8.06. The lowest BCUT2D eigenvalue weighted by atomic mass is 9.92. The number of hydrogen-bond acceptors (Lipinski definition) is 8. The standard InChI is InChI=1S/C30H39N7O3/c1-20-15-23(26-24-9-10-35(4)27(24)34-25(16-31)33-26)17-32-28(20)40-18-21-5-13-37(14-6-21)29(38)22-7-11-36(12-8-22)19-30(2,3)39/h9-10,15,17,21-22,39H,5-8,11-14,18-19H2,1-4H3. The van der Waals surface area contributed by atoms with E-state index in [2.05, 4.69) is 25.9 Å². The molecule has 0 saturated carbocycles. The van der Waals surface area contributed by atoms with Crippen LogP contribution >= 0.6 is 0 Å². The first-order valence-electron chi connectivity index (χ1n) is 14.2. The summed E-state index contributed by atoms with van der Waals surface area (Å²) in [5.41, 5.74) is 2.41. The van der Waals surface area contributed by atoms with E-state index < -0.39 is 5.60 Å². The van der Waals surface area contributed by atoms with Gasteiger partial charge in [-0.25, -0.2) is 15.0 Å². The van der Waals surface area contributed by atoms with Crippen LogP contribution in [0, 0.1) is 30.1 Å². The van der Waals surface area contributed by atoms with Gasteiger partial charge in [-0.2, -0.15) is 5.26 Å². The number of piperidine rings is 2. The summed E-state index contributed by atoms with van der Waals surface area (Å²) in [5.74, 6) is 1.48. The molecule has 5 rings (SSSR count). The maximum atomic E-state index is 13.1. The average Bonchev–Trinajstić information content (AvgIpc) is 3.31. The van der Waals surface area contributed by atoms with Gasteiger partial charge in [0.25, 0.3) is 0 Å². The van der Waals surface area contributed by atoms with E-state index in [1.54, 1.807) is 6.20 Å². The number of aromatic nitrogens is 4. The first-order valence-corrected chi connectivity index (χ1v) is 14.2. The molecule has 2 aliphatic rings. The zero-order chi connectivity index (χ0) is 28.4. The number of pyridine rings is 1. The van der Waals surface area contributed by atoms with Gasteiger partial charge in [0.1, 0.15) is 11.7 Å². The van der Waals surface area contributed by atoms with Crippen molar-refractivity contribution >= 4 is 16.9 Å². The molecule has 10 heteroatoms. The summed E-state index contributed by atoms with van der Waals surface area (Å²) in [6.07, 6.45) is 7.22. The highest BCUT2D eigenvalue weighted by Gasteiger charge is 2.32. The Morgan fingerprint density at radius 3 is 2.55 bits per heavy atom. The lowest BCUT2D eigenvalue weighted by Gasteiger charge is -2.38. The van der Waals surface area contributed by atoms with E-state index in [0.717, 1.165) is 68.4 Å². The van der Waals surface area contributed by atoms with Crippen molar-refractivity contribution < 1.29 is 14.6 Å². The Morgan fingerprint density at radius 1 is 1.18 bits per heavy atom. The molecule has 2 aliphatic heterocycles. The molecule has 3 aromatic rings. The third-order valence-corrected chi connectivity index (χ3v) is 8.06. The minimum Gasteiger partial charge on any atom is -0.477 e. The number of amides is 1. The van der Waals surface area contributed by atoms with Crippen LogP contribution in [0.25, 0.3) is 22.3 Å². The number of ether oxygens (including phenoxy) is 1. The van der Waals surface area contributed by atoms with Crippen LogP contribution in [0.2, 0.25) is 0 Å². The summed E-state index contributed by atoms with van der Waals surface area (Å²) in [5, 5.41) is 20.3. The summed E-state index contributed by atoms with van der Waals surface area (Å²) < 4.78 is 8.01. The highest BCUT2D eigenvalue weighted by Crippen LogP contribution is 2.30. The maximum absolute atomic E-state index is 13.1. The number of rotatable bonds is 7. The van der Waals surface area contributed by atoms with Crippen LogP contribution in [0.5, 0.6) is 5.88 Å². The maximum Gasteiger partial charge on any atom is 0.234 e. The Balaban J connectivity index is 1.13. The second-order valence-corrected chi connectivity index (χ2v) is 12.0. The van der Waals surface area contributed by atoms with Gasteiger partial charge in [0.05, 0.1) is 17.9 Å². The number of fused-ring (bicyclic) bond motifs is 1. The molecule has 0 aliphatic carbocycles. The van der Waals surface area contributed by atoms with E-state index in [9.17, 15) is 15.2 Å². The molecule has 5 heterocycles. The van der Waals surface area contributed by atoms with E-state index in [4.69, 9.17) is 4.74 Å². The van der Waals surface area contributed by atoms with E-state index in [1.807, 2.05) is 55.6 Å². The number of β-amino-alcohol motifs (C(OH)–C–C–N with tert-alkyl or cyclic N) is 1. The van der Waals surface area contributed by atoms with Gasteiger partial charge in [0.15, 0.2) is 0 Å². The SMILES string of the molecule is Cc1cc(-c2nc(C#N)nc3c2ccn3C)cnc1OCC1CCN(C(=O)C2CCN(CC(C)(C)O)CC2)CC1. The Labute approximate surface area is 235 Å². The minimum atomic E-state index is -0.704. The molecule has 2 saturated heterocycles. The summed E-state index contributed by atoms with van der Waals surface area (Å²) >= 11 is 0. The van der Waals surface area contributed by atoms with Gasteiger partial charge >= 0.3 is 0 Å². The highest BCUT2D eigenvalue weighted by atomic mass is 16.5. The fourth-order valence-electron chi connectivity index (χ4n) is 5.91. The van der Waals surface area contributed by atoms with Crippen molar-refractivity contribution in [2.24, 2.45) is 18.9 Å². The zero-order valence-electron chi connectivity index (χ0n) is 23.9. The molecular formula is C30H39N7O3. The van der Waals surface area contributed by atoms with Gasteiger partial charge in [-0.05, 0) is 77.6 Å². The van der Waals surface area contributed by atoms with Crippen LogP contribution in [0.3, 0.4) is 0 Å². The molecule has 212 valence electrons. The van der Waals surface area contributed by atoms with Gasteiger partial charge in [-0.15, -0.1) is 0 Å². The zero-order valence-corrected chi connectivity index (χ0v) is 23.9. The predicted octanol–water partition coefficient (Wildman–Crippen LogP) is 3.31. The van der Waals surface area contributed by atoms with Crippen LogP contribution in [0.4, 0.5) is 0 Å². The van der Waals surface area contributed by atoms with Crippen LogP contribution in [-0.2, 0) is 11.8 Å². The Bertz CT molecular complexity index is 1410. The van der Waals surface area contributed by atoms with Crippen molar-refractivity contribution in [2.75, 3.05) is 39.3 Å². The fraction of sp³-hybridized carbons (Fsp3) is 0.567. The van der Waals surface area contributed by atoms with Crippen LogP contribution in [-0.4, -0.2) is 85.3 Å². The van der Waals surface area contributed by atoms with E-state index in [-0.39, 0.29) is 17.6 Å². The first-order chi connectivity index (χ1) is 19.1. The van der Waals surface area contributed by atoms with Crippen molar-refractivity contribution in [3.05, 3.63) is 35.9 Å². The number of aryl methyl sites for hydroxylation is 2. The Morgan fingerprint density at radius 2 is 1.90 bits per heavy atom. The fourth-order valence-corrected chi connectivity index (χ4v) is 5.91. The number of hydrogen-bond donors (Lipinski definition) is 1. The monoisotopic (exact) mass is 545 g/mol. The molecule has 0 spiro atoms. The van der Waals surface area contributed by atoms with Gasteiger partial charge in [-0.1, -0.05) is 0 Å². The molecule has 2 fully saturated rings. The molecule has 0 aromatic carbocycles. The lowest BCUT2D eigenvalue weighted by molar-refractivity contribution is -0.138. The largest absolute Gasteiger partial charge is 0.477 e. The topological polar surface area (TPSA) is 120 Å². The number of likely N-dealkylation sites (tertiary alicyclic amines) is 2. The molecule has 0 radical (unpaired) electrons. The molecule has 40 heavy (non-hydrogen) atoms. The quantitative estimate of drug-likeness (QED) is 0.480. The van der Waals surface area contributed by atoms with E-state index in [0.29, 0.717) is 36.3 Å². The van der Waals surface area contributed by atoms with E-state index >= 15 is 0 Å². The van der Waals surface area contributed by atoms with Crippen LogP contribution in [0.15, 0.2) is 24.5 Å².